The first kappa shape index (κ1) is 15.2. The number of aryl methyl sites for hydroxylation is 3. The molecule has 0 radical (unpaired) electrons. The van der Waals surface area contributed by atoms with E-state index in [2.05, 4.69) is 43.5 Å². The van der Waals surface area contributed by atoms with Crippen LogP contribution in [0.4, 0.5) is 0 Å². The zero-order valence-corrected chi connectivity index (χ0v) is 12.1. The second-order valence-electron chi connectivity index (χ2n) is 4.80. The van der Waals surface area contributed by atoms with Crippen molar-refractivity contribution in [3.63, 3.8) is 0 Å². The molecule has 3 nitrogen and oxygen atoms in total. The summed E-state index contributed by atoms with van der Waals surface area (Å²) in [5.74, 6) is 0. The first-order valence-electron chi connectivity index (χ1n) is 6.62. The number of hydrogen-bond donors (Lipinski definition) is 2. The van der Waals surface area contributed by atoms with E-state index in [9.17, 15) is 0 Å². The minimum Gasteiger partial charge on any atom is -0.383 e. The molecule has 3 heteroatoms. The van der Waals surface area contributed by atoms with Gasteiger partial charge in [0.1, 0.15) is 0 Å². The Labute approximate surface area is 111 Å². The maximum Gasteiger partial charge on any atom is 0.0587 e. The zero-order valence-electron chi connectivity index (χ0n) is 12.1. The monoisotopic (exact) mass is 250 g/mol. The van der Waals surface area contributed by atoms with Crippen LogP contribution in [0.5, 0.6) is 0 Å². The van der Waals surface area contributed by atoms with E-state index in [0.29, 0.717) is 0 Å². The van der Waals surface area contributed by atoms with E-state index in [1.165, 1.54) is 22.3 Å². The lowest BCUT2D eigenvalue weighted by Gasteiger charge is -2.12. The van der Waals surface area contributed by atoms with Gasteiger partial charge in [-0.05, 0) is 37.5 Å². The SMILES string of the molecule is COCCNCCNCc1c(C)cc(C)cc1C. The summed E-state index contributed by atoms with van der Waals surface area (Å²) in [5.41, 5.74) is 5.53. The van der Waals surface area contributed by atoms with Crippen molar-refractivity contribution in [2.45, 2.75) is 27.3 Å². The van der Waals surface area contributed by atoms with Crippen molar-refractivity contribution in [2.24, 2.45) is 0 Å². The molecule has 0 bridgehead atoms. The van der Waals surface area contributed by atoms with Crippen LogP contribution in [-0.4, -0.2) is 33.4 Å². The molecule has 0 aromatic heterocycles. The van der Waals surface area contributed by atoms with Gasteiger partial charge in [-0.2, -0.15) is 0 Å². The number of hydrogen-bond acceptors (Lipinski definition) is 3. The van der Waals surface area contributed by atoms with Gasteiger partial charge in [0.25, 0.3) is 0 Å². The normalized spacial score (nSPS) is 10.9. The molecule has 0 fully saturated rings. The highest BCUT2D eigenvalue weighted by Crippen LogP contribution is 2.15. The van der Waals surface area contributed by atoms with Crippen LogP contribution in [0.3, 0.4) is 0 Å². The minimum absolute atomic E-state index is 0.774. The highest BCUT2D eigenvalue weighted by molar-refractivity contribution is 5.37. The van der Waals surface area contributed by atoms with Crippen LogP contribution in [0.25, 0.3) is 0 Å². The van der Waals surface area contributed by atoms with Gasteiger partial charge in [-0.1, -0.05) is 17.7 Å². The molecule has 1 aromatic carbocycles. The van der Waals surface area contributed by atoms with E-state index in [4.69, 9.17) is 4.74 Å². The number of rotatable bonds is 8. The fraction of sp³-hybridized carbons (Fsp3) is 0.600. The fourth-order valence-electron chi connectivity index (χ4n) is 2.18. The van der Waals surface area contributed by atoms with E-state index >= 15 is 0 Å². The maximum absolute atomic E-state index is 4.98. The summed E-state index contributed by atoms with van der Waals surface area (Å²) < 4.78 is 4.98. The molecule has 0 aliphatic heterocycles. The van der Waals surface area contributed by atoms with Crippen molar-refractivity contribution in [1.82, 2.24) is 10.6 Å². The predicted octanol–water partition coefficient (Wildman–Crippen LogP) is 1.94. The smallest absolute Gasteiger partial charge is 0.0587 e. The molecule has 0 aliphatic rings. The number of nitrogens with one attached hydrogen (secondary N) is 2. The lowest BCUT2D eigenvalue weighted by atomic mass is 10.00. The van der Waals surface area contributed by atoms with Gasteiger partial charge in [0.05, 0.1) is 6.61 Å². The molecule has 0 aliphatic carbocycles. The second kappa shape index (κ2) is 8.25. The summed E-state index contributed by atoms with van der Waals surface area (Å²) in [7, 11) is 1.73. The van der Waals surface area contributed by atoms with E-state index in [-0.39, 0.29) is 0 Å². The summed E-state index contributed by atoms with van der Waals surface area (Å²) in [6.07, 6.45) is 0. The van der Waals surface area contributed by atoms with E-state index in [1.807, 2.05) is 0 Å². The molecule has 0 saturated heterocycles. The van der Waals surface area contributed by atoms with Crippen LogP contribution in [0.15, 0.2) is 12.1 Å². The van der Waals surface area contributed by atoms with E-state index < -0.39 is 0 Å². The van der Waals surface area contributed by atoms with Crippen molar-refractivity contribution in [2.75, 3.05) is 33.4 Å². The van der Waals surface area contributed by atoms with Crippen molar-refractivity contribution in [3.05, 3.63) is 34.4 Å². The average Bonchev–Trinajstić information content (AvgIpc) is 2.30. The van der Waals surface area contributed by atoms with Crippen LogP contribution in [0, 0.1) is 20.8 Å². The summed E-state index contributed by atoms with van der Waals surface area (Å²) in [6, 6.07) is 4.50. The number of ether oxygens (including phenoxy) is 1. The lowest BCUT2D eigenvalue weighted by molar-refractivity contribution is 0.199. The molecule has 0 unspecified atom stereocenters. The molecule has 102 valence electrons. The Balaban J connectivity index is 2.27. The molecule has 0 saturated carbocycles. The van der Waals surface area contributed by atoms with E-state index in [1.54, 1.807) is 7.11 Å². The Morgan fingerprint density at radius 3 is 2.17 bits per heavy atom. The molecule has 0 amide bonds. The summed E-state index contributed by atoms with van der Waals surface area (Å²) in [5, 5.41) is 6.80. The Morgan fingerprint density at radius 1 is 0.944 bits per heavy atom. The number of methoxy groups -OCH3 is 1. The van der Waals surface area contributed by atoms with Crippen LogP contribution in [0.1, 0.15) is 22.3 Å². The molecule has 1 aromatic rings. The minimum atomic E-state index is 0.774. The van der Waals surface area contributed by atoms with Crippen LogP contribution in [0.2, 0.25) is 0 Å². The maximum atomic E-state index is 4.98. The Hall–Kier alpha value is -0.900. The van der Waals surface area contributed by atoms with Crippen LogP contribution >= 0.6 is 0 Å². The average molecular weight is 250 g/mol. The Morgan fingerprint density at radius 2 is 1.56 bits per heavy atom. The molecular weight excluding hydrogens is 224 g/mol. The zero-order chi connectivity index (χ0) is 13.4. The van der Waals surface area contributed by atoms with Crippen molar-refractivity contribution in [1.29, 1.82) is 0 Å². The molecule has 0 atom stereocenters. The van der Waals surface area contributed by atoms with Crippen molar-refractivity contribution in [3.8, 4) is 0 Å². The molecule has 18 heavy (non-hydrogen) atoms. The molecule has 1 rings (SSSR count). The highest BCUT2D eigenvalue weighted by Gasteiger charge is 2.02. The molecule has 2 N–H and O–H groups in total. The molecule has 0 heterocycles. The van der Waals surface area contributed by atoms with Gasteiger partial charge in [0.15, 0.2) is 0 Å². The summed E-state index contributed by atoms with van der Waals surface area (Å²) in [6.45, 7) is 11.1. The van der Waals surface area contributed by atoms with Crippen LogP contribution < -0.4 is 10.6 Å². The third-order valence-corrected chi connectivity index (χ3v) is 3.10. The topological polar surface area (TPSA) is 33.3 Å². The molecular formula is C15H26N2O. The van der Waals surface area contributed by atoms with Gasteiger partial charge in [-0.3, -0.25) is 0 Å². The van der Waals surface area contributed by atoms with Gasteiger partial charge in [-0.15, -0.1) is 0 Å². The second-order valence-corrected chi connectivity index (χ2v) is 4.80. The van der Waals surface area contributed by atoms with Gasteiger partial charge in [0, 0.05) is 33.3 Å². The third-order valence-electron chi connectivity index (χ3n) is 3.10. The summed E-state index contributed by atoms with van der Waals surface area (Å²) in [4.78, 5) is 0. The Bertz CT molecular complexity index is 341. The molecule has 0 spiro atoms. The summed E-state index contributed by atoms with van der Waals surface area (Å²) >= 11 is 0. The van der Waals surface area contributed by atoms with Gasteiger partial charge in [0.2, 0.25) is 0 Å². The van der Waals surface area contributed by atoms with Crippen molar-refractivity contribution >= 4 is 0 Å². The first-order chi connectivity index (χ1) is 8.65. The predicted molar refractivity (Wildman–Crippen MR) is 77.1 cm³/mol. The van der Waals surface area contributed by atoms with Crippen LogP contribution in [-0.2, 0) is 11.3 Å². The highest BCUT2D eigenvalue weighted by atomic mass is 16.5. The fourth-order valence-corrected chi connectivity index (χ4v) is 2.18. The van der Waals surface area contributed by atoms with E-state index in [0.717, 1.165) is 32.8 Å². The number of benzene rings is 1. The van der Waals surface area contributed by atoms with Gasteiger partial charge in [-0.25, -0.2) is 0 Å². The Kier molecular flexibility index (Phi) is 6.94. The standard InChI is InChI=1S/C15H26N2O/c1-12-9-13(2)15(14(3)10-12)11-17-6-5-16-7-8-18-4/h9-10,16-17H,5-8,11H2,1-4H3. The van der Waals surface area contributed by atoms with Gasteiger partial charge < -0.3 is 15.4 Å². The third kappa shape index (κ3) is 5.17. The van der Waals surface area contributed by atoms with Crippen molar-refractivity contribution < 1.29 is 4.74 Å². The first-order valence-corrected chi connectivity index (χ1v) is 6.62. The largest absolute Gasteiger partial charge is 0.383 e. The quantitative estimate of drug-likeness (QED) is 0.692. The lowest BCUT2D eigenvalue weighted by Crippen LogP contribution is -2.29. The van der Waals surface area contributed by atoms with Gasteiger partial charge >= 0.3 is 0 Å².